The van der Waals surface area contributed by atoms with E-state index >= 15 is 0 Å². The van der Waals surface area contributed by atoms with E-state index in [1.54, 1.807) is 17.5 Å². The van der Waals surface area contributed by atoms with E-state index in [4.69, 9.17) is 0 Å². The maximum absolute atomic E-state index is 11.3. The molecule has 106 valence electrons. The highest BCUT2D eigenvalue weighted by atomic mass is 32.1. The molecule has 0 aliphatic rings. The third-order valence-corrected chi connectivity index (χ3v) is 3.56. The number of aromatic nitrogens is 3. The molecule has 0 spiro atoms. The van der Waals surface area contributed by atoms with Gasteiger partial charge >= 0.3 is 5.97 Å². The highest BCUT2D eigenvalue weighted by Gasteiger charge is 2.15. The van der Waals surface area contributed by atoms with Crippen LogP contribution in [-0.4, -0.2) is 26.0 Å². The van der Waals surface area contributed by atoms with Crippen molar-refractivity contribution in [1.29, 1.82) is 0 Å². The summed E-state index contributed by atoms with van der Waals surface area (Å²) in [5.74, 6) is -0.440. The molecule has 2 N–H and O–H groups in total. The molecule has 2 rings (SSSR count). The van der Waals surface area contributed by atoms with Crippen molar-refractivity contribution in [2.75, 3.05) is 5.32 Å². The Labute approximate surface area is 120 Å². The second kappa shape index (κ2) is 5.96. The molecule has 2 aromatic heterocycles. The Morgan fingerprint density at radius 3 is 2.70 bits per heavy atom. The second-order valence-corrected chi connectivity index (χ2v) is 5.97. The van der Waals surface area contributed by atoms with E-state index in [2.05, 4.69) is 20.3 Å². The SMILES string of the molecule is Cc1ncc(CNc2cnc(C(C)C)nc2C(=O)O)s1. The highest BCUT2D eigenvalue weighted by Crippen LogP contribution is 2.19. The van der Waals surface area contributed by atoms with Gasteiger partial charge in [-0.2, -0.15) is 0 Å². The van der Waals surface area contributed by atoms with Crippen LogP contribution < -0.4 is 5.32 Å². The Kier molecular flexibility index (Phi) is 4.29. The molecule has 0 bridgehead atoms. The van der Waals surface area contributed by atoms with E-state index < -0.39 is 5.97 Å². The van der Waals surface area contributed by atoms with Crippen molar-refractivity contribution in [3.8, 4) is 0 Å². The first-order valence-corrected chi connectivity index (χ1v) is 7.04. The minimum Gasteiger partial charge on any atom is -0.476 e. The minimum absolute atomic E-state index is 0.00457. The number of nitrogens with zero attached hydrogens (tertiary/aromatic N) is 3. The zero-order valence-electron chi connectivity index (χ0n) is 11.5. The van der Waals surface area contributed by atoms with Crippen LogP contribution in [0.4, 0.5) is 5.69 Å². The molecule has 0 saturated heterocycles. The molecule has 0 amide bonds. The number of thiazole rings is 1. The van der Waals surface area contributed by atoms with Crippen molar-refractivity contribution in [1.82, 2.24) is 15.0 Å². The number of hydrogen-bond acceptors (Lipinski definition) is 6. The van der Waals surface area contributed by atoms with Gasteiger partial charge in [0.15, 0.2) is 5.69 Å². The number of carboxylic acid groups (broad SMARTS) is 1. The van der Waals surface area contributed by atoms with Crippen molar-refractivity contribution in [2.24, 2.45) is 0 Å². The first kappa shape index (κ1) is 14.4. The van der Waals surface area contributed by atoms with Gasteiger partial charge < -0.3 is 10.4 Å². The van der Waals surface area contributed by atoms with Crippen LogP contribution in [0.1, 0.15) is 46.0 Å². The van der Waals surface area contributed by atoms with E-state index in [1.807, 2.05) is 20.8 Å². The molecule has 0 aromatic carbocycles. The van der Waals surface area contributed by atoms with Crippen molar-refractivity contribution >= 4 is 23.0 Å². The molecule has 0 atom stereocenters. The lowest BCUT2D eigenvalue weighted by Gasteiger charge is -2.10. The first-order valence-electron chi connectivity index (χ1n) is 6.22. The summed E-state index contributed by atoms with van der Waals surface area (Å²) in [5.41, 5.74) is 0.429. The van der Waals surface area contributed by atoms with Gasteiger partial charge in [0, 0.05) is 17.0 Å². The molecule has 0 aliphatic heterocycles. The Hall–Kier alpha value is -2.02. The maximum Gasteiger partial charge on any atom is 0.356 e. The van der Waals surface area contributed by atoms with Crippen LogP contribution in [0.15, 0.2) is 12.4 Å². The number of rotatable bonds is 5. The fourth-order valence-electron chi connectivity index (χ4n) is 1.64. The standard InChI is InChI=1S/C13H16N4O2S/c1-7(2)12-16-6-10(11(17-12)13(18)19)15-5-9-4-14-8(3)20-9/h4,6-7,15H,5H2,1-3H3,(H,18,19). The highest BCUT2D eigenvalue weighted by molar-refractivity contribution is 7.11. The summed E-state index contributed by atoms with van der Waals surface area (Å²) in [6, 6.07) is 0. The minimum atomic E-state index is -1.06. The fourth-order valence-corrected chi connectivity index (χ4v) is 2.37. The van der Waals surface area contributed by atoms with Gasteiger partial charge in [0.2, 0.25) is 0 Å². The number of nitrogens with one attached hydrogen (secondary N) is 1. The number of carboxylic acids is 1. The monoisotopic (exact) mass is 292 g/mol. The second-order valence-electron chi connectivity index (χ2n) is 4.65. The average molecular weight is 292 g/mol. The molecule has 0 fully saturated rings. The summed E-state index contributed by atoms with van der Waals surface area (Å²) in [7, 11) is 0. The zero-order valence-corrected chi connectivity index (χ0v) is 12.4. The number of hydrogen-bond donors (Lipinski definition) is 2. The van der Waals surface area contributed by atoms with Crippen LogP contribution in [0.3, 0.4) is 0 Å². The summed E-state index contributed by atoms with van der Waals surface area (Å²) >= 11 is 1.57. The van der Waals surface area contributed by atoms with Crippen LogP contribution in [0.25, 0.3) is 0 Å². The predicted octanol–water partition coefficient (Wildman–Crippen LogP) is 2.68. The summed E-state index contributed by atoms with van der Waals surface area (Å²) < 4.78 is 0. The number of anilines is 1. The van der Waals surface area contributed by atoms with E-state index in [-0.39, 0.29) is 11.6 Å². The Balaban J connectivity index is 2.20. The molecular weight excluding hydrogens is 276 g/mol. The molecule has 0 unspecified atom stereocenters. The van der Waals surface area contributed by atoms with Gasteiger partial charge in [0.25, 0.3) is 0 Å². The first-order chi connectivity index (χ1) is 9.47. The molecule has 6 nitrogen and oxygen atoms in total. The van der Waals surface area contributed by atoms with Gasteiger partial charge in [-0.3, -0.25) is 0 Å². The van der Waals surface area contributed by atoms with Crippen LogP contribution in [0.2, 0.25) is 0 Å². The van der Waals surface area contributed by atoms with Crippen molar-refractivity contribution in [3.63, 3.8) is 0 Å². The van der Waals surface area contributed by atoms with E-state index in [1.165, 1.54) is 6.20 Å². The van der Waals surface area contributed by atoms with Gasteiger partial charge in [-0.1, -0.05) is 13.8 Å². The van der Waals surface area contributed by atoms with Gasteiger partial charge in [-0.15, -0.1) is 11.3 Å². The molecule has 0 radical (unpaired) electrons. The predicted molar refractivity (Wildman–Crippen MR) is 77.3 cm³/mol. The molecule has 7 heteroatoms. The smallest absolute Gasteiger partial charge is 0.356 e. The molecule has 2 heterocycles. The van der Waals surface area contributed by atoms with Gasteiger partial charge in [0.1, 0.15) is 5.82 Å². The Morgan fingerprint density at radius 1 is 1.40 bits per heavy atom. The Bertz CT molecular complexity index is 625. The van der Waals surface area contributed by atoms with Gasteiger partial charge in [-0.25, -0.2) is 19.7 Å². The summed E-state index contributed by atoms with van der Waals surface area (Å²) in [4.78, 5) is 24.8. The lowest BCUT2D eigenvalue weighted by Crippen LogP contribution is -2.11. The molecule has 2 aromatic rings. The lowest BCUT2D eigenvalue weighted by molar-refractivity contribution is 0.0691. The number of aryl methyl sites for hydroxylation is 1. The molecule has 0 saturated carbocycles. The topological polar surface area (TPSA) is 88.0 Å². The molecule has 20 heavy (non-hydrogen) atoms. The van der Waals surface area contributed by atoms with E-state index in [9.17, 15) is 9.90 Å². The third-order valence-electron chi connectivity index (χ3n) is 2.65. The molecular formula is C13H16N4O2S. The average Bonchev–Trinajstić information content (AvgIpc) is 2.81. The zero-order chi connectivity index (χ0) is 14.7. The summed E-state index contributed by atoms with van der Waals surface area (Å²) in [6.07, 6.45) is 3.30. The lowest BCUT2D eigenvalue weighted by atomic mass is 10.2. The molecule has 0 aliphatic carbocycles. The fraction of sp³-hybridized carbons (Fsp3) is 0.385. The van der Waals surface area contributed by atoms with Crippen LogP contribution >= 0.6 is 11.3 Å². The van der Waals surface area contributed by atoms with E-state index in [0.29, 0.717) is 18.1 Å². The third kappa shape index (κ3) is 3.30. The van der Waals surface area contributed by atoms with Crippen LogP contribution in [0, 0.1) is 6.92 Å². The summed E-state index contributed by atoms with van der Waals surface area (Å²) in [5, 5.41) is 13.3. The van der Waals surface area contributed by atoms with Crippen LogP contribution in [0.5, 0.6) is 0 Å². The number of carbonyl (C=O) groups is 1. The van der Waals surface area contributed by atoms with Crippen molar-refractivity contribution in [2.45, 2.75) is 33.2 Å². The quantitative estimate of drug-likeness (QED) is 0.881. The van der Waals surface area contributed by atoms with Gasteiger partial charge in [0.05, 0.1) is 23.4 Å². The van der Waals surface area contributed by atoms with Gasteiger partial charge in [-0.05, 0) is 6.92 Å². The largest absolute Gasteiger partial charge is 0.476 e. The Morgan fingerprint density at radius 2 is 2.15 bits per heavy atom. The van der Waals surface area contributed by atoms with Crippen LogP contribution in [-0.2, 0) is 6.54 Å². The number of aromatic carboxylic acids is 1. The summed E-state index contributed by atoms with van der Waals surface area (Å²) in [6.45, 7) is 6.29. The van der Waals surface area contributed by atoms with Crippen molar-refractivity contribution in [3.05, 3.63) is 33.8 Å². The van der Waals surface area contributed by atoms with E-state index in [0.717, 1.165) is 9.88 Å². The van der Waals surface area contributed by atoms with Crippen molar-refractivity contribution < 1.29 is 9.90 Å². The normalized spacial score (nSPS) is 10.8. The maximum atomic E-state index is 11.3.